The van der Waals surface area contributed by atoms with Gasteiger partial charge in [0.1, 0.15) is 5.69 Å². The van der Waals surface area contributed by atoms with Crippen molar-refractivity contribution in [2.75, 3.05) is 44.2 Å². The molecule has 2 aliphatic heterocycles. The lowest BCUT2D eigenvalue weighted by atomic mass is 9.95. The van der Waals surface area contributed by atoms with Crippen molar-refractivity contribution in [1.82, 2.24) is 9.80 Å². The van der Waals surface area contributed by atoms with E-state index in [9.17, 15) is 19.7 Å². The van der Waals surface area contributed by atoms with E-state index in [1.165, 1.54) is 6.07 Å². The number of nitro benzene ring substituents is 1. The van der Waals surface area contributed by atoms with Crippen LogP contribution in [0.5, 0.6) is 0 Å². The molecule has 0 spiro atoms. The van der Waals surface area contributed by atoms with E-state index in [1.54, 1.807) is 18.2 Å². The molecule has 0 radical (unpaired) electrons. The largest absolute Gasteiger partial charge is 0.362 e. The van der Waals surface area contributed by atoms with Gasteiger partial charge in [-0.2, -0.15) is 0 Å². The molecule has 2 fully saturated rings. The number of amides is 2. The highest BCUT2D eigenvalue weighted by Crippen LogP contribution is 2.29. The molecule has 0 N–H and O–H groups in total. The molecule has 0 unspecified atom stereocenters. The minimum atomic E-state index is -0.366. The summed E-state index contributed by atoms with van der Waals surface area (Å²) in [7, 11) is 0. The van der Waals surface area contributed by atoms with Crippen LogP contribution >= 0.6 is 0 Å². The van der Waals surface area contributed by atoms with Gasteiger partial charge < -0.3 is 14.7 Å². The predicted octanol–water partition coefficient (Wildman–Crippen LogP) is 2.14. The minimum absolute atomic E-state index is 0.0564. The lowest BCUT2D eigenvalue weighted by Gasteiger charge is -2.39. The molecule has 2 aliphatic rings. The summed E-state index contributed by atoms with van der Waals surface area (Å²) in [5.41, 5.74) is 0.698. The fraction of sp³-hybridized carbons (Fsp3) is 0.600. The molecule has 28 heavy (non-hydrogen) atoms. The topological polar surface area (TPSA) is 87.0 Å². The van der Waals surface area contributed by atoms with Crippen molar-refractivity contribution in [1.29, 1.82) is 0 Å². The molecule has 2 saturated heterocycles. The molecule has 152 valence electrons. The Balaban J connectivity index is 1.60. The van der Waals surface area contributed by atoms with Gasteiger partial charge in [-0.1, -0.05) is 26.0 Å². The number of para-hydroxylation sites is 2. The third-order valence-electron chi connectivity index (χ3n) is 5.59. The van der Waals surface area contributed by atoms with Crippen molar-refractivity contribution in [3.8, 4) is 0 Å². The van der Waals surface area contributed by atoms with Gasteiger partial charge in [-0.05, 0) is 18.9 Å². The maximum absolute atomic E-state index is 13.0. The average molecular weight is 388 g/mol. The van der Waals surface area contributed by atoms with Crippen LogP contribution in [-0.4, -0.2) is 65.8 Å². The van der Waals surface area contributed by atoms with E-state index in [-0.39, 0.29) is 34.3 Å². The molecule has 2 amide bonds. The second-order valence-electron chi connectivity index (χ2n) is 7.84. The van der Waals surface area contributed by atoms with E-state index in [0.29, 0.717) is 38.4 Å². The first-order valence-corrected chi connectivity index (χ1v) is 9.94. The SMILES string of the molecule is CC(C)C(=O)N1CCC[C@H](C(=O)N2CCN(c3ccccc3[N+](=O)[O-])CC2)C1. The van der Waals surface area contributed by atoms with Gasteiger partial charge in [-0.3, -0.25) is 19.7 Å². The quantitative estimate of drug-likeness (QED) is 0.583. The second kappa shape index (κ2) is 8.58. The third kappa shape index (κ3) is 4.26. The Kier molecular flexibility index (Phi) is 6.16. The summed E-state index contributed by atoms with van der Waals surface area (Å²) in [4.78, 5) is 41.8. The molecule has 0 bridgehead atoms. The van der Waals surface area contributed by atoms with Gasteiger partial charge in [0.05, 0.1) is 10.8 Å². The maximum Gasteiger partial charge on any atom is 0.292 e. The van der Waals surface area contributed by atoms with Crippen LogP contribution in [0.15, 0.2) is 24.3 Å². The number of carbonyl (C=O) groups is 2. The molecular formula is C20H28N4O4. The number of likely N-dealkylation sites (tertiary alicyclic amines) is 1. The highest BCUT2D eigenvalue weighted by Gasteiger charge is 2.33. The summed E-state index contributed by atoms with van der Waals surface area (Å²) in [6, 6.07) is 6.72. The van der Waals surface area contributed by atoms with Gasteiger partial charge in [-0.15, -0.1) is 0 Å². The van der Waals surface area contributed by atoms with Crippen molar-refractivity contribution in [2.24, 2.45) is 11.8 Å². The first-order valence-electron chi connectivity index (χ1n) is 9.94. The molecule has 8 heteroatoms. The standard InChI is InChI=1S/C20H28N4O4/c1-15(2)19(25)23-9-5-6-16(14-23)20(26)22-12-10-21(11-13-22)17-7-3-4-8-18(17)24(27)28/h3-4,7-8,15-16H,5-6,9-14H2,1-2H3/t16-/m0/s1. The van der Waals surface area contributed by atoms with Gasteiger partial charge in [0.15, 0.2) is 0 Å². The zero-order chi connectivity index (χ0) is 20.3. The van der Waals surface area contributed by atoms with Crippen molar-refractivity contribution in [3.05, 3.63) is 34.4 Å². The Hall–Kier alpha value is -2.64. The normalized spacial score (nSPS) is 20.4. The number of hydrogen-bond acceptors (Lipinski definition) is 5. The zero-order valence-corrected chi connectivity index (χ0v) is 16.5. The van der Waals surface area contributed by atoms with Crippen LogP contribution in [0.25, 0.3) is 0 Å². The molecule has 1 aromatic rings. The number of hydrogen-bond donors (Lipinski definition) is 0. The van der Waals surface area contributed by atoms with Gasteiger partial charge in [-0.25, -0.2) is 0 Å². The third-order valence-corrected chi connectivity index (χ3v) is 5.59. The molecule has 1 aromatic carbocycles. The molecule has 3 rings (SSSR count). The second-order valence-corrected chi connectivity index (χ2v) is 7.84. The van der Waals surface area contributed by atoms with Gasteiger partial charge in [0.2, 0.25) is 11.8 Å². The highest BCUT2D eigenvalue weighted by atomic mass is 16.6. The summed E-state index contributed by atoms with van der Waals surface area (Å²) >= 11 is 0. The first kappa shape index (κ1) is 20.1. The number of nitro groups is 1. The number of piperazine rings is 1. The minimum Gasteiger partial charge on any atom is -0.362 e. The van der Waals surface area contributed by atoms with Crippen molar-refractivity contribution >= 4 is 23.2 Å². The Labute approximate surface area is 165 Å². The number of piperidine rings is 1. The summed E-state index contributed by atoms with van der Waals surface area (Å²) < 4.78 is 0. The van der Waals surface area contributed by atoms with Gasteiger partial charge in [0, 0.05) is 51.3 Å². The van der Waals surface area contributed by atoms with E-state index < -0.39 is 0 Å². The molecular weight excluding hydrogens is 360 g/mol. The van der Waals surface area contributed by atoms with E-state index in [2.05, 4.69) is 0 Å². The van der Waals surface area contributed by atoms with E-state index in [1.807, 2.05) is 28.5 Å². The Morgan fingerprint density at radius 2 is 1.75 bits per heavy atom. The summed E-state index contributed by atoms with van der Waals surface area (Å²) in [5.74, 6) is 0.00953. The van der Waals surface area contributed by atoms with Crippen molar-refractivity contribution < 1.29 is 14.5 Å². The highest BCUT2D eigenvalue weighted by molar-refractivity contribution is 5.82. The van der Waals surface area contributed by atoms with Crippen LogP contribution in [0.2, 0.25) is 0 Å². The number of nitrogens with zero attached hydrogens (tertiary/aromatic N) is 4. The predicted molar refractivity (Wildman–Crippen MR) is 106 cm³/mol. The zero-order valence-electron chi connectivity index (χ0n) is 16.5. The molecule has 1 atom stereocenters. The molecule has 0 saturated carbocycles. The Morgan fingerprint density at radius 3 is 2.39 bits per heavy atom. The Morgan fingerprint density at radius 1 is 1.07 bits per heavy atom. The summed E-state index contributed by atoms with van der Waals surface area (Å²) in [5, 5.41) is 11.3. The monoisotopic (exact) mass is 388 g/mol. The molecule has 2 heterocycles. The number of anilines is 1. The van der Waals surface area contributed by atoms with Gasteiger partial charge in [0.25, 0.3) is 5.69 Å². The first-order chi connectivity index (χ1) is 13.4. The summed E-state index contributed by atoms with van der Waals surface area (Å²) in [6.07, 6.45) is 1.66. The van der Waals surface area contributed by atoms with Gasteiger partial charge >= 0.3 is 0 Å². The molecule has 8 nitrogen and oxygen atoms in total. The summed E-state index contributed by atoms with van der Waals surface area (Å²) in [6.45, 7) is 7.22. The van der Waals surface area contributed by atoms with Crippen LogP contribution in [0, 0.1) is 22.0 Å². The number of benzene rings is 1. The fourth-order valence-electron chi connectivity index (χ4n) is 4.06. The fourth-order valence-corrected chi connectivity index (χ4v) is 4.06. The van der Waals surface area contributed by atoms with E-state index >= 15 is 0 Å². The van der Waals surface area contributed by atoms with E-state index in [4.69, 9.17) is 0 Å². The van der Waals surface area contributed by atoms with Crippen LogP contribution in [-0.2, 0) is 9.59 Å². The lowest BCUT2D eigenvalue weighted by Crippen LogP contribution is -2.53. The van der Waals surface area contributed by atoms with Crippen molar-refractivity contribution in [2.45, 2.75) is 26.7 Å². The number of carbonyl (C=O) groups excluding carboxylic acids is 2. The van der Waals surface area contributed by atoms with E-state index in [0.717, 1.165) is 19.4 Å². The Bertz CT molecular complexity index is 743. The smallest absolute Gasteiger partial charge is 0.292 e. The van der Waals surface area contributed by atoms with Crippen LogP contribution in [0.3, 0.4) is 0 Å². The molecule has 0 aliphatic carbocycles. The van der Waals surface area contributed by atoms with Crippen molar-refractivity contribution in [3.63, 3.8) is 0 Å². The average Bonchev–Trinajstić information content (AvgIpc) is 2.72. The molecule has 0 aromatic heterocycles. The number of rotatable bonds is 4. The van der Waals surface area contributed by atoms with Crippen LogP contribution in [0.1, 0.15) is 26.7 Å². The maximum atomic E-state index is 13.0. The van der Waals surface area contributed by atoms with Crippen LogP contribution < -0.4 is 4.90 Å². The van der Waals surface area contributed by atoms with Crippen LogP contribution in [0.4, 0.5) is 11.4 Å². The lowest BCUT2D eigenvalue weighted by molar-refractivity contribution is -0.384.